The van der Waals surface area contributed by atoms with Gasteiger partial charge in [-0.25, -0.2) is 14.4 Å². The SMILES string of the molecule is CC[C@H](NC(=O)OC(C)(C)C)C(=O)OC1C=C(C)C(=O)O1. The summed E-state index contributed by atoms with van der Waals surface area (Å²) in [7, 11) is 0. The van der Waals surface area contributed by atoms with Crippen LogP contribution in [0.3, 0.4) is 0 Å². The molecule has 1 aliphatic heterocycles. The van der Waals surface area contributed by atoms with E-state index < -0.39 is 36.0 Å². The van der Waals surface area contributed by atoms with Crippen LogP contribution in [0.2, 0.25) is 0 Å². The largest absolute Gasteiger partial charge is 0.444 e. The van der Waals surface area contributed by atoms with Gasteiger partial charge >= 0.3 is 18.0 Å². The number of rotatable bonds is 4. The Morgan fingerprint density at radius 3 is 2.48 bits per heavy atom. The third kappa shape index (κ3) is 5.45. The summed E-state index contributed by atoms with van der Waals surface area (Å²) in [4.78, 5) is 34.7. The number of hydrogen-bond donors (Lipinski definition) is 1. The van der Waals surface area contributed by atoms with Gasteiger partial charge < -0.3 is 19.5 Å². The molecule has 1 aliphatic rings. The lowest BCUT2D eigenvalue weighted by molar-refractivity contribution is -0.174. The molecule has 0 fully saturated rings. The molecular weight excluding hydrogens is 278 g/mol. The average molecular weight is 299 g/mol. The fraction of sp³-hybridized carbons (Fsp3) is 0.643. The molecule has 0 aliphatic carbocycles. The van der Waals surface area contributed by atoms with Crippen molar-refractivity contribution in [3.8, 4) is 0 Å². The standard InChI is InChI=1S/C14H21NO6/c1-6-9(15-13(18)21-14(3,4)5)12(17)20-10-7-8(2)11(16)19-10/h7,9-10H,6H2,1-5H3,(H,15,18)/t9-,10?/m0/s1. The van der Waals surface area contributed by atoms with Crippen LogP contribution >= 0.6 is 0 Å². The van der Waals surface area contributed by atoms with E-state index in [9.17, 15) is 14.4 Å². The summed E-state index contributed by atoms with van der Waals surface area (Å²) < 4.78 is 14.9. The minimum Gasteiger partial charge on any atom is -0.444 e. The molecule has 0 saturated heterocycles. The van der Waals surface area contributed by atoms with Crippen LogP contribution in [0.15, 0.2) is 11.6 Å². The van der Waals surface area contributed by atoms with Crippen LogP contribution in [-0.2, 0) is 23.8 Å². The van der Waals surface area contributed by atoms with Crippen LogP contribution in [0, 0.1) is 0 Å². The number of esters is 2. The Morgan fingerprint density at radius 1 is 1.43 bits per heavy atom. The summed E-state index contributed by atoms with van der Waals surface area (Å²) in [6, 6.07) is -0.868. The molecule has 0 saturated carbocycles. The maximum atomic E-state index is 11.9. The lowest BCUT2D eigenvalue weighted by Gasteiger charge is -2.22. The molecule has 1 rings (SSSR count). The number of alkyl carbamates (subject to hydrolysis) is 1. The van der Waals surface area contributed by atoms with Crippen molar-refractivity contribution in [2.24, 2.45) is 0 Å². The van der Waals surface area contributed by atoms with E-state index in [0.717, 1.165) is 0 Å². The van der Waals surface area contributed by atoms with Gasteiger partial charge in [-0.1, -0.05) is 6.92 Å². The van der Waals surface area contributed by atoms with Crippen molar-refractivity contribution in [2.75, 3.05) is 0 Å². The Morgan fingerprint density at radius 2 is 2.05 bits per heavy atom. The first-order valence-electron chi connectivity index (χ1n) is 6.71. The normalized spacial score (nSPS) is 19.4. The minimum atomic E-state index is -1.04. The molecule has 1 unspecified atom stereocenters. The van der Waals surface area contributed by atoms with Crippen molar-refractivity contribution in [1.82, 2.24) is 5.32 Å². The van der Waals surface area contributed by atoms with Crippen molar-refractivity contribution >= 4 is 18.0 Å². The molecule has 0 bridgehead atoms. The lowest BCUT2D eigenvalue weighted by atomic mass is 10.2. The number of hydrogen-bond acceptors (Lipinski definition) is 6. The third-order valence-corrected chi connectivity index (χ3v) is 2.55. The maximum Gasteiger partial charge on any atom is 0.408 e. The van der Waals surface area contributed by atoms with Gasteiger partial charge in [0.2, 0.25) is 0 Å². The summed E-state index contributed by atoms with van der Waals surface area (Å²) in [5.41, 5.74) is -0.284. The monoisotopic (exact) mass is 299 g/mol. The van der Waals surface area contributed by atoms with Crippen molar-refractivity contribution < 1.29 is 28.6 Å². The second-order valence-corrected chi connectivity index (χ2v) is 5.67. The average Bonchev–Trinajstić information content (AvgIpc) is 2.62. The molecular formula is C14H21NO6. The van der Waals surface area contributed by atoms with E-state index in [1.54, 1.807) is 34.6 Å². The quantitative estimate of drug-likeness (QED) is 0.794. The van der Waals surface area contributed by atoms with Crippen molar-refractivity contribution in [2.45, 2.75) is 59.0 Å². The van der Waals surface area contributed by atoms with Crippen molar-refractivity contribution in [3.63, 3.8) is 0 Å². The summed E-state index contributed by atoms with van der Waals surface area (Å²) in [5.74, 6) is -1.21. The third-order valence-electron chi connectivity index (χ3n) is 2.55. The van der Waals surface area contributed by atoms with Gasteiger partial charge in [0.1, 0.15) is 11.6 Å². The van der Waals surface area contributed by atoms with E-state index in [1.807, 2.05) is 0 Å². The van der Waals surface area contributed by atoms with Crippen LogP contribution in [0.5, 0.6) is 0 Å². The summed E-state index contributed by atoms with van der Waals surface area (Å²) in [5, 5.41) is 2.42. The predicted molar refractivity (Wildman–Crippen MR) is 73.2 cm³/mol. The van der Waals surface area contributed by atoms with Gasteiger partial charge in [-0.3, -0.25) is 0 Å². The topological polar surface area (TPSA) is 90.9 Å². The number of amides is 1. The highest BCUT2D eigenvalue weighted by Crippen LogP contribution is 2.15. The zero-order chi connectivity index (χ0) is 16.2. The molecule has 118 valence electrons. The summed E-state index contributed by atoms with van der Waals surface area (Å²) in [6.45, 7) is 8.43. The van der Waals surface area contributed by atoms with Gasteiger partial charge in [0, 0.05) is 11.6 Å². The molecule has 1 heterocycles. The van der Waals surface area contributed by atoms with E-state index in [0.29, 0.717) is 12.0 Å². The predicted octanol–water partition coefficient (Wildman–Crippen LogP) is 1.66. The Hall–Kier alpha value is -2.05. The fourth-order valence-electron chi connectivity index (χ4n) is 1.54. The summed E-state index contributed by atoms with van der Waals surface area (Å²) >= 11 is 0. The van der Waals surface area contributed by atoms with E-state index in [1.165, 1.54) is 6.08 Å². The highest BCUT2D eigenvalue weighted by Gasteiger charge is 2.30. The Labute approximate surface area is 123 Å². The molecule has 0 aromatic heterocycles. The second kappa shape index (κ2) is 6.60. The Bertz CT molecular complexity index is 463. The van der Waals surface area contributed by atoms with Gasteiger partial charge in [0.05, 0.1) is 0 Å². The smallest absolute Gasteiger partial charge is 0.408 e. The van der Waals surface area contributed by atoms with E-state index >= 15 is 0 Å². The molecule has 1 N–H and O–H groups in total. The number of carbonyl (C=O) groups excluding carboxylic acids is 3. The first-order valence-corrected chi connectivity index (χ1v) is 6.71. The molecule has 2 atom stereocenters. The maximum absolute atomic E-state index is 11.9. The minimum absolute atomic E-state index is 0.321. The van der Waals surface area contributed by atoms with Gasteiger partial charge in [0.25, 0.3) is 6.29 Å². The summed E-state index contributed by atoms with van der Waals surface area (Å²) in [6.07, 6.45) is -0.0251. The van der Waals surface area contributed by atoms with Crippen LogP contribution in [0.4, 0.5) is 4.79 Å². The van der Waals surface area contributed by atoms with Crippen molar-refractivity contribution in [1.29, 1.82) is 0 Å². The van der Waals surface area contributed by atoms with Gasteiger partial charge in [0.15, 0.2) is 0 Å². The van der Waals surface area contributed by atoms with Gasteiger partial charge in [-0.05, 0) is 34.1 Å². The Kier molecular flexibility index (Phi) is 5.34. The van der Waals surface area contributed by atoms with E-state index in [4.69, 9.17) is 14.2 Å². The molecule has 0 radical (unpaired) electrons. The first-order chi connectivity index (χ1) is 9.62. The highest BCUT2D eigenvalue weighted by molar-refractivity contribution is 5.90. The molecule has 1 amide bonds. The molecule has 21 heavy (non-hydrogen) atoms. The van der Waals surface area contributed by atoms with Gasteiger partial charge in [-0.2, -0.15) is 0 Å². The van der Waals surface area contributed by atoms with E-state index in [2.05, 4.69) is 5.32 Å². The molecule has 0 spiro atoms. The van der Waals surface area contributed by atoms with E-state index in [-0.39, 0.29) is 0 Å². The fourth-order valence-corrected chi connectivity index (χ4v) is 1.54. The molecule has 0 aromatic rings. The highest BCUT2D eigenvalue weighted by atomic mass is 16.7. The molecule has 7 nitrogen and oxygen atoms in total. The van der Waals surface area contributed by atoms with Crippen LogP contribution in [-0.4, -0.2) is 36.0 Å². The zero-order valence-electron chi connectivity index (χ0n) is 12.9. The van der Waals surface area contributed by atoms with Gasteiger partial charge in [-0.15, -0.1) is 0 Å². The lowest BCUT2D eigenvalue weighted by Crippen LogP contribution is -2.44. The van der Waals surface area contributed by atoms with Crippen LogP contribution < -0.4 is 5.32 Å². The number of carbonyl (C=O) groups is 3. The second-order valence-electron chi connectivity index (χ2n) is 5.67. The number of nitrogens with one attached hydrogen (secondary N) is 1. The Balaban J connectivity index is 2.54. The van der Waals surface area contributed by atoms with Crippen LogP contribution in [0.25, 0.3) is 0 Å². The molecule has 7 heteroatoms. The number of cyclic esters (lactones) is 1. The van der Waals surface area contributed by atoms with Crippen molar-refractivity contribution in [3.05, 3.63) is 11.6 Å². The zero-order valence-corrected chi connectivity index (χ0v) is 12.9. The number of ether oxygens (including phenoxy) is 3. The molecule has 0 aromatic carbocycles. The first kappa shape index (κ1) is 17.0. The van der Waals surface area contributed by atoms with Crippen LogP contribution in [0.1, 0.15) is 41.0 Å².